The maximum atomic E-state index is 14.4. The van der Waals surface area contributed by atoms with Crippen LogP contribution in [-0.4, -0.2) is 55.4 Å². The normalized spacial score (nSPS) is 14.5. The number of benzene rings is 1. The van der Waals surface area contributed by atoms with Crippen LogP contribution in [0.1, 0.15) is 51.7 Å². The molecule has 0 spiro atoms. The van der Waals surface area contributed by atoms with Gasteiger partial charge in [0.25, 0.3) is 5.56 Å². The number of halogens is 1. The monoisotopic (exact) mass is 598 g/mol. The maximum absolute atomic E-state index is 14.4. The molecule has 0 unspecified atom stereocenters. The minimum absolute atomic E-state index is 0.0522. The molecule has 3 aromatic heterocycles. The van der Waals surface area contributed by atoms with Gasteiger partial charge in [-0.3, -0.25) is 14.2 Å². The molecule has 0 saturated carbocycles. The molecule has 1 amide bonds. The van der Waals surface area contributed by atoms with E-state index in [2.05, 4.69) is 15.5 Å². The van der Waals surface area contributed by atoms with Crippen molar-refractivity contribution in [2.75, 3.05) is 13.2 Å². The summed E-state index contributed by atoms with van der Waals surface area (Å²) in [6, 6.07) is 4.17. The lowest BCUT2D eigenvalue weighted by Crippen LogP contribution is -2.56. The van der Waals surface area contributed by atoms with Crippen molar-refractivity contribution in [3.05, 3.63) is 68.4 Å². The highest BCUT2D eigenvalue weighted by molar-refractivity contribution is 7.21. The summed E-state index contributed by atoms with van der Waals surface area (Å²) >= 11 is 1.21. The van der Waals surface area contributed by atoms with Crippen LogP contribution in [0.25, 0.3) is 15.2 Å². The summed E-state index contributed by atoms with van der Waals surface area (Å²) in [5.41, 5.74) is -1.52. The molecule has 4 aromatic rings. The van der Waals surface area contributed by atoms with E-state index in [0.717, 1.165) is 17.4 Å². The average Bonchev–Trinajstić information content (AvgIpc) is 3.58. The number of hydrogen-bond acceptors (Lipinski definition) is 8. The van der Waals surface area contributed by atoms with Crippen LogP contribution < -0.4 is 21.3 Å². The lowest BCUT2D eigenvalue weighted by molar-refractivity contribution is -0.129. The minimum Gasteiger partial charge on any atom is -0.490 e. The summed E-state index contributed by atoms with van der Waals surface area (Å²) in [4.78, 5) is 43.2. The Balaban J connectivity index is 1.63. The third-order valence-corrected chi connectivity index (χ3v) is 8.69. The Labute approximate surface area is 245 Å². The number of fused-ring (bicyclic) bond motifs is 1. The van der Waals surface area contributed by atoms with Crippen LogP contribution >= 0.6 is 11.3 Å². The number of hydrogen-bond donors (Lipinski definition) is 1. The fourth-order valence-corrected chi connectivity index (χ4v) is 6.38. The van der Waals surface area contributed by atoms with Gasteiger partial charge in [-0.15, -0.1) is 4.80 Å². The first-order valence-corrected chi connectivity index (χ1v) is 14.8. The first-order valence-electron chi connectivity index (χ1n) is 14.0. The Hall–Kier alpha value is -3.84. The lowest BCUT2D eigenvalue weighted by Gasteiger charge is -2.28. The molecular weight excluding hydrogens is 563 g/mol. The molecule has 1 saturated heterocycles. The van der Waals surface area contributed by atoms with Gasteiger partial charge >= 0.3 is 5.69 Å². The molecular formula is C29H35FN6O5S. The molecule has 1 N–H and O–H groups in total. The van der Waals surface area contributed by atoms with E-state index in [9.17, 15) is 18.8 Å². The fraction of sp³-hybridized carbons (Fsp3) is 0.483. The first kappa shape index (κ1) is 29.6. The van der Waals surface area contributed by atoms with Crippen molar-refractivity contribution in [2.24, 2.45) is 0 Å². The standard InChI is InChI=1S/C29H35FN6O5S/c1-17(2)33-27(38)29(4,5)35-24(37)23-18(3)25(36-31-11-12-32-36)42-26(23)34(28(35)39)13-8-19-16-20(30)6-7-22(19)41-21-9-14-40-15-10-21/h6-7,11-12,16-17,21H,8-10,13-15H2,1-5H3,(H,33,38). The fourth-order valence-electron chi connectivity index (χ4n) is 5.14. The van der Waals surface area contributed by atoms with Gasteiger partial charge in [0, 0.05) is 31.0 Å². The summed E-state index contributed by atoms with van der Waals surface area (Å²) in [5, 5.41) is 12.1. The summed E-state index contributed by atoms with van der Waals surface area (Å²) in [5.74, 6) is -0.333. The van der Waals surface area contributed by atoms with Crippen molar-refractivity contribution >= 4 is 27.5 Å². The average molecular weight is 599 g/mol. The number of aromatic nitrogens is 5. The molecule has 0 atom stereocenters. The highest BCUT2D eigenvalue weighted by Gasteiger charge is 2.36. The van der Waals surface area contributed by atoms with E-state index in [0.29, 0.717) is 45.3 Å². The molecule has 4 heterocycles. The lowest BCUT2D eigenvalue weighted by atomic mass is 10.0. The number of thiophene rings is 1. The zero-order valence-electron chi connectivity index (χ0n) is 24.3. The number of aryl methyl sites for hydroxylation is 3. The predicted octanol–water partition coefficient (Wildman–Crippen LogP) is 3.31. The highest BCUT2D eigenvalue weighted by atomic mass is 32.1. The molecule has 42 heavy (non-hydrogen) atoms. The predicted molar refractivity (Wildman–Crippen MR) is 157 cm³/mol. The van der Waals surface area contributed by atoms with Gasteiger partial charge in [0.1, 0.15) is 33.0 Å². The Kier molecular flexibility index (Phi) is 8.33. The van der Waals surface area contributed by atoms with Crippen molar-refractivity contribution in [3.63, 3.8) is 0 Å². The molecule has 1 aromatic carbocycles. The van der Waals surface area contributed by atoms with Gasteiger partial charge in [0.05, 0.1) is 31.0 Å². The second-order valence-electron chi connectivity index (χ2n) is 11.2. The number of ether oxygens (including phenoxy) is 2. The van der Waals surface area contributed by atoms with Gasteiger partial charge in [-0.1, -0.05) is 11.3 Å². The zero-order valence-corrected chi connectivity index (χ0v) is 25.2. The molecule has 1 aliphatic rings. The van der Waals surface area contributed by atoms with Crippen molar-refractivity contribution < 1.29 is 18.7 Å². The SMILES string of the molecule is Cc1c(-n2nccn2)sc2c1c(=O)n(C(C)(C)C(=O)NC(C)C)c(=O)n2CCc1cc(F)ccc1OC1CCOCC1. The maximum Gasteiger partial charge on any atom is 0.333 e. The summed E-state index contributed by atoms with van der Waals surface area (Å²) in [6.45, 7) is 9.79. The van der Waals surface area contributed by atoms with E-state index in [1.165, 1.54) is 45.2 Å². The number of rotatable bonds is 9. The molecule has 1 fully saturated rings. The van der Waals surface area contributed by atoms with Gasteiger partial charge in [0.2, 0.25) is 5.91 Å². The number of carbonyl (C=O) groups excluding carboxylic acids is 1. The van der Waals surface area contributed by atoms with E-state index < -0.39 is 28.5 Å². The molecule has 5 rings (SSSR count). The summed E-state index contributed by atoms with van der Waals surface area (Å²) in [7, 11) is 0. The topological polar surface area (TPSA) is 122 Å². The van der Waals surface area contributed by atoms with Crippen molar-refractivity contribution in [2.45, 2.75) is 78.1 Å². The first-order chi connectivity index (χ1) is 20.0. The molecule has 0 bridgehead atoms. The quantitative estimate of drug-likeness (QED) is 0.314. The number of carbonyl (C=O) groups is 1. The Morgan fingerprint density at radius 3 is 2.57 bits per heavy atom. The van der Waals surface area contributed by atoms with Gasteiger partial charge in [-0.25, -0.2) is 13.8 Å². The van der Waals surface area contributed by atoms with Gasteiger partial charge in [-0.2, -0.15) is 10.2 Å². The van der Waals surface area contributed by atoms with Crippen LogP contribution in [0.2, 0.25) is 0 Å². The number of nitrogens with one attached hydrogen (secondary N) is 1. The van der Waals surface area contributed by atoms with Crippen LogP contribution in [0, 0.1) is 12.7 Å². The Morgan fingerprint density at radius 2 is 1.90 bits per heavy atom. The van der Waals surface area contributed by atoms with Crippen molar-refractivity contribution in [1.82, 2.24) is 29.4 Å². The second kappa shape index (κ2) is 11.8. The zero-order chi connectivity index (χ0) is 30.2. The third kappa shape index (κ3) is 5.62. The van der Waals surface area contributed by atoms with E-state index in [1.807, 2.05) is 13.8 Å². The van der Waals surface area contributed by atoms with Crippen LogP contribution in [-0.2, 0) is 28.0 Å². The highest BCUT2D eigenvalue weighted by Crippen LogP contribution is 2.31. The number of amides is 1. The smallest absolute Gasteiger partial charge is 0.333 e. The largest absolute Gasteiger partial charge is 0.490 e. The second-order valence-corrected chi connectivity index (χ2v) is 12.2. The van der Waals surface area contributed by atoms with Gasteiger partial charge in [-0.05, 0) is 64.8 Å². The van der Waals surface area contributed by atoms with Gasteiger partial charge in [0.15, 0.2) is 0 Å². The summed E-state index contributed by atoms with van der Waals surface area (Å²) in [6.07, 6.45) is 4.71. The molecule has 13 heteroatoms. The van der Waals surface area contributed by atoms with E-state index in [1.54, 1.807) is 26.8 Å². The molecule has 1 aliphatic heterocycles. The Bertz CT molecular complexity index is 1720. The van der Waals surface area contributed by atoms with Crippen LogP contribution in [0.15, 0.2) is 40.2 Å². The minimum atomic E-state index is -1.50. The third-order valence-electron chi connectivity index (χ3n) is 7.41. The van der Waals surface area contributed by atoms with E-state index in [-0.39, 0.29) is 25.1 Å². The van der Waals surface area contributed by atoms with Crippen molar-refractivity contribution in [3.8, 4) is 10.8 Å². The number of nitrogens with zero attached hydrogens (tertiary/aromatic N) is 5. The molecule has 0 aliphatic carbocycles. The molecule has 224 valence electrons. The molecule has 0 radical (unpaired) electrons. The molecule has 11 nitrogen and oxygen atoms in total. The van der Waals surface area contributed by atoms with Crippen molar-refractivity contribution in [1.29, 1.82) is 0 Å². The van der Waals surface area contributed by atoms with Crippen LogP contribution in [0.5, 0.6) is 5.75 Å². The van der Waals surface area contributed by atoms with E-state index >= 15 is 0 Å². The van der Waals surface area contributed by atoms with Crippen LogP contribution in [0.4, 0.5) is 4.39 Å². The summed E-state index contributed by atoms with van der Waals surface area (Å²) < 4.78 is 28.6. The van der Waals surface area contributed by atoms with Gasteiger partial charge < -0.3 is 14.8 Å². The van der Waals surface area contributed by atoms with E-state index in [4.69, 9.17) is 9.47 Å². The van der Waals surface area contributed by atoms with Crippen LogP contribution in [0.3, 0.4) is 0 Å². The Morgan fingerprint density at radius 1 is 1.21 bits per heavy atom.